The van der Waals surface area contributed by atoms with Crippen molar-refractivity contribution < 1.29 is 23.1 Å². The van der Waals surface area contributed by atoms with Gasteiger partial charge in [-0.15, -0.1) is 0 Å². The van der Waals surface area contributed by atoms with E-state index in [0.717, 1.165) is 10.9 Å². The lowest BCUT2D eigenvalue weighted by Gasteiger charge is -2.30. The molecule has 1 amide bonds. The maximum Gasteiger partial charge on any atom is 0.435 e. The van der Waals surface area contributed by atoms with Crippen LogP contribution in [0.15, 0.2) is 6.20 Å². The summed E-state index contributed by atoms with van der Waals surface area (Å²) in [6, 6.07) is 0. The lowest BCUT2D eigenvalue weighted by Crippen LogP contribution is -2.42. The SMILES string of the molecule is Cn1cc(C(=O)N2CCCC(O)C2)c(C(F)(F)F)n1. The van der Waals surface area contributed by atoms with Gasteiger partial charge in [0.05, 0.1) is 11.7 Å². The minimum Gasteiger partial charge on any atom is -0.391 e. The van der Waals surface area contributed by atoms with Crippen molar-refractivity contribution in [3.63, 3.8) is 0 Å². The molecule has 0 radical (unpaired) electrons. The van der Waals surface area contributed by atoms with Gasteiger partial charge in [-0.1, -0.05) is 0 Å². The standard InChI is InChI=1S/C11H14F3N3O2/c1-16-6-8(9(15-16)11(12,13)14)10(19)17-4-2-3-7(18)5-17/h6-7,18H,2-5H2,1H3. The molecular formula is C11H14F3N3O2. The number of hydrogen-bond donors (Lipinski definition) is 1. The molecule has 1 fully saturated rings. The van der Waals surface area contributed by atoms with Gasteiger partial charge in [0, 0.05) is 26.3 Å². The summed E-state index contributed by atoms with van der Waals surface area (Å²) in [5.74, 6) is -0.737. The fraction of sp³-hybridized carbons (Fsp3) is 0.636. The molecule has 1 atom stereocenters. The molecule has 5 nitrogen and oxygen atoms in total. The van der Waals surface area contributed by atoms with Gasteiger partial charge in [-0.3, -0.25) is 9.48 Å². The molecule has 1 unspecified atom stereocenters. The third-order valence-electron chi connectivity index (χ3n) is 3.01. The van der Waals surface area contributed by atoms with Crippen LogP contribution in [-0.2, 0) is 13.2 Å². The maximum absolute atomic E-state index is 12.8. The number of alkyl halides is 3. The predicted molar refractivity (Wildman–Crippen MR) is 59.4 cm³/mol. The van der Waals surface area contributed by atoms with Gasteiger partial charge < -0.3 is 10.0 Å². The van der Waals surface area contributed by atoms with E-state index in [2.05, 4.69) is 5.10 Å². The number of β-amino-alcohol motifs (C(OH)–C–C–N with tert-alkyl or cyclic N) is 1. The van der Waals surface area contributed by atoms with Crippen LogP contribution in [0.5, 0.6) is 0 Å². The van der Waals surface area contributed by atoms with E-state index in [1.165, 1.54) is 11.9 Å². The molecule has 0 aliphatic carbocycles. The number of hydrogen-bond acceptors (Lipinski definition) is 3. The Hall–Kier alpha value is -1.57. The van der Waals surface area contributed by atoms with Crippen molar-refractivity contribution in [2.75, 3.05) is 13.1 Å². The van der Waals surface area contributed by atoms with E-state index in [1.54, 1.807) is 0 Å². The summed E-state index contributed by atoms with van der Waals surface area (Å²) in [7, 11) is 1.33. The monoisotopic (exact) mass is 277 g/mol. The van der Waals surface area contributed by atoms with Gasteiger partial charge in [-0.25, -0.2) is 0 Å². The van der Waals surface area contributed by atoms with Gasteiger partial charge in [0.2, 0.25) is 0 Å². The second-order valence-electron chi connectivity index (χ2n) is 4.61. The fourth-order valence-corrected chi connectivity index (χ4v) is 2.16. The van der Waals surface area contributed by atoms with Crippen molar-refractivity contribution in [2.24, 2.45) is 7.05 Å². The molecule has 0 aromatic carbocycles. The smallest absolute Gasteiger partial charge is 0.391 e. The molecule has 19 heavy (non-hydrogen) atoms. The van der Waals surface area contributed by atoms with E-state index in [9.17, 15) is 23.1 Å². The van der Waals surface area contributed by atoms with E-state index in [0.29, 0.717) is 19.4 Å². The number of amides is 1. The number of aliphatic hydroxyl groups is 1. The van der Waals surface area contributed by atoms with E-state index < -0.39 is 29.4 Å². The fourth-order valence-electron chi connectivity index (χ4n) is 2.16. The Morgan fingerprint density at radius 2 is 2.21 bits per heavy atom. The third kappa shape index (κ3) is 2.89. The van der Waals surface area contributed by atoms with E-state index >= 15 is 0 Å². The molecule has 8 heteroatoms. The highest BCUT2D eigenvalue weighted by Gasteiger charge is 2.40. The summed E-state index contributed by atoms with van der Waals surface area (Å²) in [5, 5.41) is 12.8. The zero-order valence-electron chi connectivity index (χ0n) is 10.3. The normalized spacial score (nSPS) is 20.7. The molecule has 1 aliphatic heterocycles. The lowest BCUT2D eigenvalue weighted by atomic mass is 10.1. The number of carbonyl (C=O) groups excluding carboxylic acids is 1. The van der Waals surface area contributed by atoms with Crippen LogP contribution in [0, 0.1) is 0 Å². The van der Waals surface area contributed by atoms with Crippen LogP contribution in [0.4, 0.5) is 13.2 Å². The molecule has 2 rings (SSSR count). The molecule has 1 N–H and O–H groups in total. The molecular weight excluding hydrogens is 263 g/mol. The lowest BCUT2D eigenvalue weighted by molar-refractivity contribution is -0.141. The number of halogens is 3. The Balaban J connectivity index is 2.28. The first-order valence-corrected chi connectivity index (χ1v) is 5.87. The molecule has 1 aliphatic rings. The van der Waals surface area contributed by atoms with E-state index in [1.807, 2.05) is 0 Å². The quantitative estimate of drug-likeness (QED) is 0.834. The third-order valence-corrected chi connectivity index (χ3v) is 3.01. The van der Waals surface area contributed by atoms with Crippen LogP contribution in [-0.4, -0.2) is 44.9 Å². The summed E-state index contributed by atoms with van der Waals surface area (Å²) < 4.78 is 39.3. The molecule has 0 saturated carbocycles. The van der Waals surface area contributed by atoms with E-state index in [4.69, 9.17) is 0 Å². The Morgan fingerprint density at radius 1 is 1.53 bits per heavy atom. The van der Waals surface area contributed by atoms with Gasteiger partial charge in [-0.2, -0.15) is 18.3 Å². The van der Waals surface area contributed by atoms with Crippen LogP contribution >= 0.6 is 0 Å². The van der Waals surface area contributed by atoms with Crippen molar-refractivity contribution in [3.8, 4) is 0 Å². The summed E-state index contributed by atoms with van der Waals surface area (Å²) in [6.45, 7) is 0.410. The van der Waals surface area contributed by atoms with Crippen molar-refractivity contribution in [3.05, 3.63) is 17.5 Å². The largest absolute Gasteiger partial charge is 0.435 e. The molecule has 106 valence electrons. The zero-order valence-corrected chi connectivity index (χ0v) is 10.3. The second kappa shape index (κ2) is 4.84. The van der Waals surface area contributed by atoms with Crippen LogP contribution in [0.1, 0.15) is 28.9 Å². The predicted octanol–water partition coefficient (Wildman–Crippen LogP) is 1.04. The molecule has 1 aromatic rings. The highest BCUT2D eigenvalue weighted by molar-refractivity contribution is 5.95. The first-order valence-electron chi connectivity index (χ1n) is 5.87. The van der Waals surface area contributed by atoms with Gasteiger partial charge in [0.1, 0.15) is 0 Å². The summed E-state index contributed by atoms with van der Waals surface area (Å²) >= 11 is 0. The number of piperidine rings is 1. The minimum absolute atomic E-state index is 0.0605. The first-order chi connectivity index (χ1) is 8.79. The van der Waals surface area contributed by atoms with Gasteiger partial charge in [0.15, 0.2) is 5.69 Å². The number of carbonyl (C=O) groups is 1. The second-order valence-corrected chi connectivity index (χ2v) is 4.61. The minimum atomic E-state index is -4.67. The van der Waals surface area contributed by atoms with Crippen molar-refractivity contribution in [2.45, 2.75) is 25.1 Å². The number of aliphatic hydroxyl groups excluding tert-OH is 1. The average molecular weight is 277 g/mol. The average Bonchev–Trinajstić information content (AvgIpc) is 2.70. The Kier molecular flexibility index (Phi) is 3.53. The Labute approximate surface area is 107 Å². The van der Waals surface area contributed by atoms with Crippen molar-refractivity contribution >= 4 is 5.91 Å². The van der Waals surface area contributed by atoms with Crippen LogP contribution < -0.4 is 0 Å². The van der Waals surface area contributed by atoms with Gasteiger partial charge >= 0.3 is 6.18 Å². The van der Waals surface area contributed by atoms with E-state index in [-0.39, 0.29) is 6.54 Å². The van der Waals surface area contributed by atoms with Gasteiger partial charge in [-0.05, 0) is 12.8 Å². The van der Waals surface area contributed by atoms with Crippen LogP contribution in [0.2, 0.25) is 0 Å². The highest BCUT2D eigenvalue weighted by Crippen LogP contribution is 2.31. The first kappa shape index (κ1) is 13.9. The summed E-state index contributed by atoms with van der Waals surface area (Å²) in [5.41, 5.74) is -1.65. The number of aryl methyl sites for hydroxylation is 1. The molecule has 2 heterocycles. The zero-order chi connectivity index (χ0) is 14.2. The van der Waals surface area contributed by atoms with Crippen LogP contribution in [0.25, 0.3) is 0 Å². The van der Waals surface area contributed by atoms with Crippen molar-refractivity contribution in [1.29, 1.82) is 0 Å². The number of likely N-dealkylation sites (tertiary alicyclic amines) is 1. The van der Waals surface area contributed by atoms with Gasteiger partial charge in [0.25, 0.3) is 5.91 Å². The topological polar surface area (TPSA) is 58.4 Å². The number of rotatable bonds is 1. The highest BCUT2D eigenvalue weighted by atomic mass is 19.4. The summed E-state index contributed by atoms with van der Waals surface area (Å²) in [4.78, 5) is 13.3. The molecule has 0 bridgehead atoms. The summed E-state index contributed by atoms with van der Waals surface area (Å²) in [6.07, 6.45) is -3.15. The molecule has 1 saturated heterocycles. The van der Waals surface area contributed by atoms with Crippen LogP contribution in [0.3, 0.4) is 0 Å². The molecule has 0 spiro atoms. The Morgan fingerprint density at radius 3 is 2.79 bits per heavy atom. The number of nitrogens with zero attached hydrogens (tertiary/aromatic N) is 3. The number of aromatic nitrogens is 2. The van der Waals surface area contributed by atoms with Crippen molar-refractivity contribution in [1.82, 2.24) is 14.7 Å². The maximum atomic E-state index is 12.8. The Bertz CT molecular complexity index is 484. The molecule has 1 aromatic heterocycles.